The molecule has 1 aromatic rings. The van der Waals surface area contributed by atoms with E-state index in [1.165, 1.54) is 11.1 Å². The average Bonchev–Trinajstić information content (AvgIpc) is 2.58. The number of guanidine groups is 1. The van der Waals surface area contributed by atoms with Crippen molar-refractivity contribution in [1.82, 2.24) is 15.5 Å². The lowest BCUT2D eigenvalue weighted by Gasteiger charge is -2.31. The number of halogens is 1. The zero-order chi connectivity index (χ0) is 19.2. The number of amides is 1. The molecular formula is C20H34IN5O. The van der Waals surface area contributed by atoms with Crippen molar-refractivity contribution in [3.05, 3.63) is 35.4 Å². The van der Waals surface area contributed by atoms with Gasteiger partial charge in [0, 0.05) is 32.2 Å². The number of likely N-dealkylation sites (tertiary alicyclic amines) is 1. The maximum atomic E-state index is 11.5. The highest BCUT2D eigenvalue weighted by Gasteiger charge is 2.23. The molecule has 1 amide bonds. The van der Waals surface area contributed by atoms with Gasteiger partial charge in [0.05, 0.1) is 5.92 Å². The molecule has 1 heterocycles. The normalized spacial score (nSPS) is 18.5. The van der Waals surface area contributed by atoms with Gasteiger partial charge in [-0.1, -0.05) is 24.3 Å². The number of nitrogens with one attached hydrogen (secondary N) is 2. The maximum Gasteiger partial charge on any atom is 0.221 e. The Morgan fingerprint density at radius 1 is 1.33 bits per heavy atom. The molecule has 1 aliphatic rings. The minimum Gasteiger partial charge on any atom is -0.369 e. The van der Waals surface area contributed by atoms with Crippen molar-refractivity contribution < 1.29 is 4.79 Å². The lowest BCUT2D eigenvalue weighted by Crippen LogP contribution is -2.47. The van der Waals surface area contributed by atoms with E-state index in [2.05, 4.69) is 65.6 Å². The molecule has 0 radical (unpaired) electrons. The number of hydrogen-bond acceptors (Lipinski definition) is 3. The molecule has 1 saturated heterocycles. The summed E-state index contributed by atoms with van der Waals surface area (Å²) >= 11 is 0. The van der Waals surface area contributed by atoms with Crippen LogP contribution in [0.25, 0.3) is 0 Å². The van der Waals surface area contributed by atoms with Crippen LogP contribution in [0, 0.1) is 5.92 Å². The molecule has 0 aliphatic carbocycles. The molecule has 27 heavy (non-hydrogen) atoms. The third kappa shape index (κ3) is 8.47. The summed E-state index contributed by atoms with van der Waals surface area (Å²) in [5.74, 6) is 0.606. The first kappa shape index (κ1) is 23.7. The number of carbonyl (C=O) groups excluding carboxylic acids is 1. The van der Waals surface area contributed by atoms with Crippen molar-refractivity contribution in [3.8, 4) is 0 Å². The van der Waals surface area contributed by atoms with E-state index in [-0.39, 0.29) is 41.3 Å². The Labute approximate surface area is 180 Å². The summed E-state index contributed by atoms with van der Waals surface area (Å²) in [6.07, 6.45) is 1.94. The number of nitrogens with two attached hydrogens (primary N) is 1. The number of nitrogens with zero attached hydrogens (tertiary/aromatic N) is 2. The molecule has 6 nitrogen and oxygen atoms in total. The van der Waals surface area contributed by atoms with Gasteiger partial charge in [0.25, 0.3) is 0 Å². The van der Waals surface area contributed by atoms with Crippen LogP contribution < -0.4 is 16.4 Å². The Bertz CT molecular complexity index is 642. The highest BCUT2D eigenvalue weighted by atomic mass is 127. The molecule has 0 saturated carbocycles. The molecule has 0 spiro atoms. The van der Waals surface area contributed by atoms with E-state index >= 15 is 0 Å². The first-order valence-electron chi connectivity index (χ1n) is 9.35. The van der Waals surface area contributed by atoms with Crippen LogP contribution in [0.15, 0.2) is 29.3 Å². The average molecular weight is 487 g/mol. The van der Waals surface area contributed by atoms with E-state index in [0.717, 1.165) is 38.4 Å². The van der Waals surface area contributed by atoms with Gasteiger partial charge in [0.1, 0.15) is 0 Å². The summed E-state index contributed by atoms with van der Waals surface area (Å²) in [5.41, 5.74) is 7.92. The molecule has 1 atom stereocenters. The standard InChI is InChI=1S/C20H33N5O.HI/c1-20(2,3)24-19(22-4)23-12-15-7-5-8-16(11-15)13-25-10-6-9-17(14-25)18(21)26;/h5,7-8,11,17H,6,9-10,12-14H2,1-4H3,(H2,21,26)(H2,22,23,24);1H. The number of hydrogen-bond donors (Lipinski definition) is 3. The third-order valence-corrected chi connectivity index (χ3v) is 4.48. The van der Waals surface area contributed by atoms with Gasteiger partial charge in [-0.15, -0.1) is 24.0 Å². The van der Waals surface area contributed by atoms with Crippen LogP contribution in [0.3, 0.4) is 0 Å². The Kier molecular flexibility index (Phi) is 9.52. The highest BCUT2D eigenvalue weighted by molar-refractivity contribution is 14.0. The fourth-order valence-electron chi connectivity index (χ4n) is 3.25. The summed E-state index contributed by atoms with van der Waals surface area (Å²) in [5, 5.41) is 6.72. The summed E-state index contributed by atoms with van der Waals surface area (Å²) in [6, 6.07) is 8.55. The van der Waals surface area contributed by atoms with E-state index < -0.39 is 0 Å². The molecule has 0 bridgehead atoms. The van der Waals surface area contributed by atoms with E-state index in [1.54, 1.807) is 7.05 Å². The number of benzene rings is 1. The van der Waals surface area contributed by atoms with Gasteiger partial charge in [-0.3, -0.25) is 14.7 Å². The Morgan fingerprint density at radius 2 is 2.04 bits per heavy atom. The van der Waals surface area contributed by atoms with Gasteiger partial charge in [-0.05, 0) is 51.3 Å². The van der Waals surface area contributed by atoms with Crippen LogP contribution in [0.1, 0.15) is 44.7 Å². The number of piperidine rings is 1. The van der Waals surface area contributed by atoms with Gasteiger partial charge in [-0.2, -0.15) is 0 Å². The molecule has 1 aliphatic heterocycles. The van der Waals surface area contributed by atoms with Gasteiger partial charge < -0.3 is 16.4 Å². The third-order valence-electron chi connectivity index (χ3n) is 4.48. The second kappa shape index (κ2) is 10.8. The summed E-state index contributed by atoms with van der Waals surface area (Å²) in [6.45, 7) is 9.68. The topological polar surface area (TPSA) is 82.8 Å². The zero-order valence-corrected chi connectivity index (χ0v) is 19.2. The molecule has 152 valence electrons. The van der Waals surface area contributed by atoms with Crippen molar-refractivity contribution >= 4 is 35.8 Å². The molecule has 1 unspecified atom stereocenters. The number of rotatable bonds is 5. The van der Waals surface area contributed by atoms with Crippen molar-refractivity contribution in [2.24, 2.45) is 16.6 Å². The van der Waals surface area contributed by atoms with Gasteiger partial charge >= 0.3 is 0 Å². The monoisotopic (exact) mass is 487 g/mol. The largest absolute Gasteiger partial charge is 0.369 e. The fraction of sp³-hybridized carbons (Fsp3) is 0.600. The molecule has 1 fully saturated rings. The van der Waals surface area contributed by atoms with Crippen LogP contribution in [0.4, 0.5) is 0 Å². The SMILES string of the molecule is CN=C(NCc1cccc(CN2CCCC(C(N)=O)C2)c1)NC(C)(C)C.I. The Balaban J connectivity index is 0.00000364. The molecular weight excluding hydrogens is 453 g/mol. The summed E-state index contributed by atoms with van der Waals surface area (Å²) < 4.78 is 0. The van der Waals surface area contributed by atoms with Gasteiger partial charge in [-0.25, -0.2) is 0 Å². The molecule has 1 aromatic carbocycles. The van der Waals surface area contributed by atoms with Crippen LogP contribution in [0.2, 0.25) is 0 Å². The van der Waals surface area contributed by atoms with Crippen LogP contribution in [-0.2, 0) is 17.9 Å². The fourth-order valence-corrected chi connectivity index (χ4v) is 3.25. The van der Waals surface area contributed by atoms with Gasteiger partial charge in [0.2, 0.25) is 5.91 Å². The van der Waals surface area contributed by atoms with Crippen LogP contribution in [-0.4, -0.2) is 42.4 Å². The number of carbonyl (C=O) groups is 1. The van der Waals surface area contributed by atoms with E-state index in [0.29, 0.717) is 6.54 Å². The zero-order valence-electron chi connectivity index (χ0n) is 16.9. The van der Waals surface area contributed by atoms with Crippen molar-refractivity contribution in [2.75, 3.05) is 20.1 Å². The van der Waals surface area contributed by atoms with Crippen molar-refractivity contribution in [2.45, 2.75) is 52.2 Å². The number of primary amides is 1. The summed E-state index contributed by atoms with van der Waals surface area (Å²) in [7, 11) is 1.78. The van der Waals surface area contributed by atoms with Crippen molar-refractivity contribution in [3.63, 3.8) is 0 Å². The lowest BCUT2D eigenvalue weighted by molar-refractivity contribution is -0.123. The Morgan fingerprint density at radius 3 is 2.67 bits per heavy atom. The number of aliphatic imine (C=N–C) groups is 1. The summed E-state index contributed by atoms with van der Waals surface area (Å²) in [4.78, 5) is 18.0. The van der Waals surface area contributed by atoms with E-state index in [9.17, 15) is 4.79 Å². The molecule has 2 rings (SSSR count). The van der Waals surface area contributed by atoms with Crippen LogP contribution >= 0.6 is 24.0 Å². The van der Waals surface area contributed by atoms with E-state index in [1.807, 2.05) is 0 Å². The second-order valence-corrected chi connectivity index (χ2v) is 8.10. The Hall–Kier alpha value is -1.35. The lowest BCUT2D eigenvalue weighted by atomic mass is 9.97. The van der Waals surface area contributed by atoms with E-state index in [4.69, 9.17) is 5.73 Å². The predicted molar refractivity (Wildman–Crippen MR) is 122 cm³/mol. The highest BCUT2D eigenvalue weighted by Crippen LogP contribution is 2.18. The quantitative estimate of drug-likeness (QED) is 0.339. The second-order valence-electron chi connectivity index (χ2n) is 8.10. The maximum absolute atomic E-state index is 11.5. The molecule has 0 aromatic heterocycles. The first-order chi connectivity index (χ1) is 12.3. The van der Waals surface area contributed by atoms with Crippen molar-refractivity contribution in [1.29, 1.82) is 0 Å². The first-order valence-corrected chi connectivity index (χ1v) is 9.35. The minimum absolute atomic E-state index is 0. The predicted octanol–water partition coefficient (Wildman–Crippen LogP) is 2.47. The minimum atomic E-state index is -0.176. The smallest absolute Gasteiger partial charge is 0.221 e. The molecule has 4 N–H and O–H groups in total. The van der Waals surface area contributed by atoms with Crippen LogP contribution in [0.5, 0.6) is 0 Å². The molecule has 7 heteroatoms. The van der Waals surface area contributed by atoms with Gasteiger partial charge in [0.15, 0.2) is 5.96 Å².